The Bertz CT molecular complexity index is 880. The van der Waals surface area contributed by atoms with E-state index >= 15 is 0 Å². The van der Waals surface area contributed by atoms with Crippen molar-refractivity contribution in [1.29, 1.82) is 0 Å². The third-order valence-electron chi connectivity index (χ3n) is 3.53. The molecule has 0 saturated carbocycles. The maximum Gasteiger partial charge on any atom is 0.336 e. The molecule has 2 aromatic carbocycles. The summed E-state index contributed by atoms with van der Waals surface area (Å²) in [5, 5.41) is 20.7. The van der Waals surface area contributed by atoms with Crippen LogP contribution in [-0.2, 0) is 4.79 Å². The molecule has 0 aliphatic rings. The molecule has 0 radical (unpaired) electrons. The minimum absolute atomic E-state index is 0.0594. The summed E-state index contributed by atoms with van der Waals surface area (Å²) >= 11 is 3.23. The maximum absolute atomic E-state index is 13.1. The predicted octanol–water partition coefficient (Wildman–Crippen LogP) is 3.64. The molecule has 0 aromatic heterocycles. The number of carbonyl (C=O) groups excluding carboxylic acids is 2. The fourth-order valence-corrected chi connectivity index (χ4v) is 2.82. The van der Waals surface area contributed by atoms with Gasteiger partial charge in [-0.1, -0.05) is 25.1 Å². The first-order valence-corrected chi connectivity index (χ1v) is 8.21. The van der Waals surface area contributed by atoms with Crippen molar-refractivity contribution >= 4 is 45.1 Å². The van der Waals surface area contributed by atoms with Crippen molar-refractivity contribution in [2.45, 2.75) is 13.3 Å². The summed E-state index contributed by atoms with van der Waals surface area (Å²) in [5.74, 6) is -3.21. The second-order valence-corrected chi connectivity index (χ2v) is 5.96. The lowest BCUT2D eigenvalue weighted by Crippen LogP contribution is -2.38. The SMILES string of the molecule is CCC(=O)N(C(=O)c1c(C(=O)O)cccc1[N+](=O)[O-])c1ccccc1Br. The van der Waals surface area contributed by atoms with Crippen molar-refractivity contribution < 1.29 is 24.4 Å². The highest BCUT2D eigenvalue weighted by Gasteiger charge is 2.34. The van der Waals surface area contributed by atoms with Crippen LogP contribution >= 0.6 is 15.9 Å². The minimum atomic E-state index is -1.51. The first-order chi connectivity index (χ1) is 12.3. The summed E-state index contributed by atoms with van der Waals surface area (Å²) in [7, 11) is 0. The number of para-hydroxylation sites is 1. The third kappa shape index (κ3) is 3.62. The van der Waals surface area contributed by atoms with Crippen molar-refractivity contribution in [3.8, 4) is 0 Å². The molecule has 2 aromatic rings. The van der Waals surface area contributed by atoms with E-state index < -0.39 is 39.5 Å². The van der Waals surface area contributed by atoms with Crippen molar-refractivity contribution in [2.24, 2.45) is 0 Å². The first-order valence-electron chi connectivity index (χ1n) is 7.42. The fraction of sp³-hybridized carbons (Fsp3) is 0.118. The number of halogens is 1. The summed E-state index contributed by atoms with van der Waals surface area (Å²) in [6, 6.07) is 9.59. The van der Waals surface area contributed by atoms with Crippen LogP contribution in [0.15, 0.2) is 46.9 Å². The lowest BCUT2D eigenvalue weighted by Gasteiger charge is -2.22. The lowest BCUT2D eigenvalue weighted by atomic mass is 10.0. The van der Waals surface area contributed by atoms with E-state index in [4.69, 9.17) is 0 Å². The first kappa shape index (κ1) is 19.3. The number of carbonyl (C=O) groups is 3. The van der Waals surface area contributed by atoms with Gasteiger partial charge in [-0.05, 0) is 34.1 Å². The largest absolute Gasteiger partial charge is 0.478 e. The lowest BCUT2D eigenvalue weighted by molar-refractivity contribution is -0.385. The van der Waals surface area contributed by atoms with E-state index in [0.29, 0.717) is 4.47 Å². The zero-order chi connectivity index (χ0) is 19.4. The topological polar surface area (TPSA) is 118 Å². The molecule has 134 valence electrons. The van der Waals surface area contributed by atoms with Gasteiger partial charge >= 0.3 is 5.97 Å². The number of rotatable bonds is 5. The van der Waals surface area contributed by atoms with Gasteiger partial charge < -0.3 is 5.11 Å². The van der Waals surface area contributed by atoms with Crippen molar-refractivity contribution in [3.63, 3.8) is 0 Å². The van der Waals surface area contributed by atoms with Gasteiger partial charge in [0.05, 0.1) is 16.2 Å². The number of nitro benzene ring substituents is 1. The van der Waals surface area contributed by atoms with Crippen LogP contribution in [0.3, 0.4) is 0 Å². The van der Waals surface area contributed by atoms with Crippen LogP contribution in [0.4, 0.5) is 11.4 Å². The van der Waals surface area contributed by atoms with Gasteiger partial charge in [-0.25, -0.2) is 9.69 Å². The highest BCUT2D eigenvalue weighted by molar-refractivity contribution is 9.10. The Morgan fingerprint density at radius 1 is 1.15 bits per heavy atom. The number of nitro groups is 1. The number of aromatic carboxylic acids is 1. The van der Waals surface area contributed by atoms with Gasteiger partial charge in [0.2, 0.25) is 5.91 Å². The highest BCUT2D eigenvalue weighted by Crippen LogP contribution is 2.31. The molecule has 0 spiro atoms. The molecular formula is C17H13BrN2O6. The molecule has 26 heavy (non-hydrogen) atoms. The van der Waals surface area contributed by atoms with Crippen molar-refractivity contribution in [2.75, 3.05) is 4.90 Å². The van der Waals surface area contributed by atoms with E-state index in [1.165, 1.54) is 19.1 Å². The summed E-state index contributed by atoms with van der Waals surface area (Å²) in [6.45, 7) is 1.52. The predicted molar refractivity (Wildman–Crippen MR) is 96.3 cm³/mol. The Kier molecular flexibility index (Phi) is 5.83. The molecule has 0 aliphatic carbocycles. The van der Waals surface area contributed by atoms with Crippen molar-refractivity contribution in [3.05, 3.63) is 68.2 Å². The quantitative estimate of drug-likeness (QED) is 0.582. The van der Waals surface area contributed by atoms with E-state index in [9.17, 15) is 29.6 Å². The Hall–Kier alpha value is -3.07. The average molecular weight is 421 g/mol. The zero-order valence-electron chi connectivity index (χ0n) is 13.5. The number of hydrogen-bond donors (Lipinski definition) is 1. The Labute approximate surface area is 156 Å². The van der Waals surface area contributed by atoms with E-state index in [2.05, 4.69) is 15.9 Å². The molecule has 0 atom stereocenters. The van der Waals surface area contributed by atoms with Crippen LogP contribution in [0, 0.1) is 10.1 Å². The van der Waals surface area contributed by atoms with Gasteiger partial charge in [0.25, 0.3) is 11.6 Å². The van der Waals surface area contributed by atoms with Crippen LogP contribution in [0.2, 0.25) is 0 Å². The van der Waals surface area contributed by atoms with Crippen LogP contribution < -0.4 is 4.90 Å². The molecule has 0 fully saturated rings. The van der Waals surface area contributed by atoms with Gasteiger partial charge in [0.1, 0.15) is 5.56 Å². The maximum atomic E-state index is 13.1. The number of anilines is 1. The van der Waals surface area contributed by atoms with Gasteiger partial charge in [0.15, 0.2) is 0 Å². The van der Waals surface area contributed by atoms with E-state index in [-0.39, 0.29) is 12.1 Å². The van der Waals surface area contributed by atoms with Crippen LogP contribution in [0.5, 0.6) is 0 Å². The second-order valence-electron chi connectivity index (χ2n) is 5.10. The molecule has 0 unspecified atom stereocenters. The number of amides is 2. The molecule has 2 amide bonds. The smallest absolute Gasteiger partial charge is 0.336 e. The Morgan fingerprint density at radius 2 is 1.81 bits per heavy atom. The van der Waals surface area contributed by atoms with Crippen LogP contribution in [0.1, 0.15) is 34.1 Å². The van der Waals surface area contributed by atoms with E-state index in [0.717, 1.165) is 17.0 Å². The van der Waals surface area contributed by atoms with Crippen LogP contribution in [-0.4, -0.2) is 27.8 Å². The minimum Gasteiger partial charge on any atom is -0.478 e. The standard InChI is InChI=1S/C17H13BrN2O6/c1-2-14(21)19(12-8-4-3-7-11(12)18)16(22)15-10(17(23)24)6-5-9-13(15)20(25)26/h3-9H,2H2,1H3,(H,23,24). The van der Waals surface area contributed by atoms with Crippen molar-refractivity contribution in [1.82, 2.24) is 0 Å². The highest BCUT2D eigenvalue weighted by atomic mass is 79.9. The normalized spacial score (nSPS) is 10.2. The summed E-state index contributed by atoms with van der Waals surface area (Å²) < 4.78 is 0.408. The average Bonchev–Trinajstić information content (AvgIpc) is 2.62. The molecule has 1 N–H and O–H groups in total. The summed E-state index contributed by atoms with van der Waals surface area (Å²) in [4.78, 5) is 48.2. The molecule has 0 saturated heterocycles. The monoisotopic (exact) mass is 420 g/mol. The fourth-order valence-electron chi connectivity index (χ4n) is 2.36. The number of benzene rings is 2. The molecule has 0 aliphatic heterocycles. The van der Waals surface area contributed by atoms with Crippen LogP contribution in [0.25, 0.3) is 0 Å². The Balaban J connectivity index is 2.75. The number of carboxylic acid groups (broad SMARTS) is 1. The van der Waals surface area contributed by atoms with E-state index in [1.54, 1.807) is 18.2 Å². The molecule has 2 rings (SSSR count). The summed E-state index contributed by atoms with van der Waals surface area (Å²) in [5.41, 5.74) is -1.72. The number of nitrogens with zero attached hydrogens (tertiary/aromatic N) is 2. The third-order valence-corrected chi connectivity index (χ3v) is 4.20. The number of imide groups is 1. The summed E-state index contributed by atoms with van der Waals surface area (Å²) in [6.07, 6.45) is -0.0594. The Morgan fingerprint density at radius 3 is 2.35 bits per heavy atom. The van der Waals surface area contributed by atoms with Gasteiger partial charge in [-0.15, -0.1) is 0 Å². The zero-order valence-corrected chi connectivity index (χ0v) is 15.1. The van der Waals surface area contributed by atoms with Gasteiger partial charge in [-0.3, -0.25) is 19.7 Å². The molecule has 0 heterocycles. The number of hydrogen-bond acceptors (Lipinski definition) is 5. The number of carboxylic acids is 1. The molecular weight excluding hydrogens is 408 g/mol. The van der Waals surface area contributed by atoms with Gasteiger partial charge in [0, 0.05) is 17.0 Å². The van der Waals surface area contributed by atoms with E-state index in [1.807, 2.05) is 0 Å². The molecule has 9 heteroatoms. The van der Waals surface area contributed by atoms with Gasteiger partial charge in [-0.2, -0.15) is 0 Å². The molecule has 0 bridgehead atoms. The second kappa shape index (κ2) is 7.87. The molecule has 8 nitrogen and oxygen atoms in total.